The van der Waals surface area contributed by atoms with E-state index in [2.05, 4.69) is 15.3 Å². The van der Waals surface area contributed by atoms with Crippen LogP contribution < -0.4 is 11.1 Å². The Bertz CT molecular complexity index is 516. The Balaban J connectivity index is 2.14. The first kappa shape index (κ1) is 11.7. The monoisotopic (exact) mass is 238 g/mol. The number of aromatic nitrogens is 2. The second-order valence-electron chi connectivity index (χ2n) is 3.67. The lowest BCUT2D eigenvalue weighted by Gasteiger charge is -2.14. The Morgan fingerprint density at radius 2 is 2.06 bits per heavy atom. The Morgan fingerprint density at radius 1 is 1.29 bits per heavy atom. The number of rotatable bonds is 4. The highest BCUT2D eigenvalue weighted by atomic mass is 19.3. The predicted molar refractivity (Wildman–Crippen MR) is 62.0 cm³/mol. The second-order valence-corrected chi connectivity index (χ2v) is 3.67. The molecule has 1 aromatic carbocycles. The van der Waals surface area contributed by atoms with E-state index in [-0.39, 0.29) is 5.95 Å². The lowest BCUT2D eigenvalue weighted by Crippen LogP contribution is -2.35. The maximum atomic E-state index is 12.9. The van der Waals surface area contributed by atoms with Gasteiger partial charge in [-0.2, -0.15) is 0 Å². The molecule has 3 N–H and O–H groups in total. The molecule has 0 amide bonds. The molecule has 0 bridgehead atoms. The highest BCUT2D eigenvalue weighted by Crippen LogP contribution is 2.14. The summed E-state index contributed by atoms with van der Waals surface area (Å²) in [5, 5.41) is 3.34. The summed E-state index contributed by atoms with van der Waals surface area (Å²) in [4.78, 5) is 8.06. The molecule has 1 heterocycles. The van der Waals surface area contributed by atoms with E-state index in [0.29, 0.717) is 5.52 Å². The average molecular weight is 238 g/mol. The van der Waals surface area contributed by atoms with Crippen molar-refractivity contribution in [2.24, 2.45) is 5.73 Å². The van der Waals surface area contributed by atoms with Crippen molar-refractivity contribution in [2.75, 3.05) is 18.4 Å². The molecule has 0 aliphatic rings. The van der Waals surface area contributed by atoms with Gasteiger partial charge in [0.2, 0.25) is 5.95 Å². The van der Waals surface area contributed by atoms with Crippen molar-refractivity contribution in [3.05, 3.63) is 30.5 Å². The Hall–Kier alpha value is -1.82. The third kappa shape index (κ3) is 2.85. The van der Waals surface area contributed by atoms with Gasteiger partial charge in [0, 0.05) is 11.6 Å². The third-order valence-corrected chi connectivity index (χ3v) is 2.29. The maximum absolute atomic E-state index is 12.9. The van der Waals surface area contributed by atoms with Gasteiger partial charge < -0.3 is 11.1 Å². The number of anilines is 1. The van der Waals surface area contributed by atoms with Gasteiger partial charge in [0.05, 0.1) is 18.6 Å². The molecule has 1 aromatic heterocycles. The van der Waals surface area contributed by atoms with Crippen molar-refractivity contribution < 1.29 is 8.78 Å². The van der Waals surface area contributed by atoms with Crippen LogP contribution in [0.4, 0.5) is 14.7 Å². The molecule has 0 saturated heterocycles. The van der Waals surface area contributed by atoms with Crippen LogP contribution in [0.5, 0.6) is 0 Å². The number of hydrogen-bond donors (Lipinski definition) is 2. The molecule has 6 heteroatoms. The SMILES string of the molecule is NCC(F)(F)CNc1ncc2ccccc2n1. The standard InChI is InChI=1S/C11H12F2N4/c12-11(13,6-14)7-16-10-15-5-8-3-1-2-4-9(8)17-10/h1-5H,6-7,14H2,(H,15,16,17). The van der Waals surface area contributed by atoms with E-state index in [1.807, 2.05) is 18.2 Å². The normalized spacial score (nSPS) is 11.7. The first-order valence-electron chi connectivity index (χ1n) is 5.14. The van der Waals surface area contributed by atoms with Crippen LogP contribution in [-0.2, 0) is 0 Å². The van der Waals surface area contributed by atoms with Crippen molar-refractivity contribution in [3.8, 4) is 0 Å². The van der Waals surface area contributed by atoms with Crippen LogP contribution in [0.2, 0.25) is 0 Å². The molecule has 0 atom stereocenters. The molecule has 0 aliphatic carbocycles. The van der Waals surface area contributed by atoms with Gasteiger partial charge in [-0.05, 0) is 6.07 Å². The molecule has 0 saturated carbocycles. The minimum atomic E-state index is -2.95. The van der Waals surface area contributed by atoms with Gasteiger partial charge in [0.15, 0.2) is 0 Å². The van der Waals surface area contributed by atoms with E-state index in [4.69, 9.17) is 5.73 Å². The van der Waals surface area contributed by atoms with Crippen LogP contribution >= 0.6 is 0 Å². The van der Waals surface area contributed by atoms with Gasteiger partial charge >= 0.3 is 0 Å². The first-order valence-corrected chi connectivity index (χ1v) is 5.14. The third-order valence-electron chi connectivity index (χ3n) is 2.29. The Labute approximate surface area is 96.9 Å². The summed E-state index contributed by atoms with van der Waals surface area (Å²) in [6.45, 7) is -1.27. The summed E-state index contributed by atoms with van der Waals surface area (Å²) < 4.78 is 25.8. The summed E-state index contributed by atoms with van der Waals surface area (Å²) in [5.74, 6) is -2.77. The molecule has 2 rings (SSSR count). The number of nitrogens with two attached hydrogens (primary N) is 1. The van der Waals surface area contributed by atoms with Crippen LogP contribution in [0.3, 0.4) is 0 Å². The Kier molecular flexibility index (Phi) is 3.14. The van der Waals surface area contributed by atoms with Crippen LogP contribution in [0.15, 0.2) is 30.5 Å². The van der Waals surface area contributed by atoms with E-state index in [0.717, 1.165) is 5.39 Å². The van der Waals surface area contributed by atoms with Crippen LogP contribution in [0, 0.1) is 0 Å². The average Bonchev–Trinajstić information content (AvgIpc) is 2.36. The zero-order valence-electron chi connectivity index (χ0n) is 9.03. The number of nitrogens with zero attached hydrogens (tertiary/aromatic N) is 2. The molecule has 0 fully saturated rings. The number of halogens is 2. The van der Waals surface area contributed by atoms with Gasteiger partial charge in [-0.25, -0.2) is 18.7 Å². The van der Waals surface area contributed by atoms with E-state index < -0.39 is 19.0 Å². The molecular weight excluding hydrogens is 226 g/mol. The van der Waals surface area contributed by atoms with Crippen molar-refractivity contribution in [2.45, 2.75) is 5.92 Å². The van der Waals surface area contributed by atoms with Gasteiger partial charge in [-0.15, -0.1) is 0 Å². The molecule has 2 aromatic rings. The van der Waals surface area contributed by atoms with E-state index in [1.165, 1.54) is 0 Å². The van der Waals surface area contributed by atoms with Gasteiger partial charge in [0.1, 0.15) is 0 Å². The van der Waals surface area contributed by atoms with Crippen LogP contribution in [0.25, 0.3) is 10.9 Å². The fraction of sp³-hybridized carbons (Fsp3) is 0.273. The van der Waals surface area contributed by atoms with Crippen molar-refractivity contribution in [3.63, 3.8) is 0 Å². The summed E-state index contributed by atoms with van der Waals surface area (Å²) in [6, 6.07) is 7.34. The molecule has 90 valence electrons. The fourth-order valence-corrected chi connectivity index (χ4v) is 1.34. The molecule has 0 aliphatic heterocycles. The number of nitrogens with one attached hydrogen (secondary N) is 1. The van der Waals surface area contributed by atoms with Gasteiger partial charge in [0.25, 0.3) is 5.92 Å². The molecule has 17 heavy (non-hydrogen) atoms. The summed E-state index contributed by atoms with van der Waals surface area (Å²) >= 11 is 0. The number of fused-ring (bicyclic) bond motifs is 1. The zero-order valence-corrected chi connectivity index (χ0v) is 9.03. The molecule has 4 nitrogen and oxygen atoms in total. The molecular formula is C11H12F2N4. The second kappa shape index (κ2) is 4.58. The van der Waals surface area contributed by atoms with Crippen LogP contribution in [0.1, 0.15) is 0 Å². The maximum Gasteiger partial charge on any atom is 0.277 e. The van der Waals surface area contributed by atoms with Gasteiger partial charge in [-0.3, -0.25) is 0 Å². The number of para-hydroxylation sites is 1. The first-order chi connectivity index (χ1) is 8.11. The number of alkyl halides is 2. The van der Waals surface area contributed by atoms with Crippen molar-refractivity contribution in [1.29, 1.82) is 0 Å². The summed E-state index contributed by atoms with van der Waals surface area (Å²) in [7, 11) is 0. The smallest absolute Gasteiger partial charge is 0.277 e. The van der Waals surface area contributed by atoms with E-state index in [9.17, 15) is 8.78 Å². The largest absolute Gasteiger partial charge is 0.348 e. The molecule has 0 radical (unpaired) electrons. The lowest BCUT2D eigenvalue weighted by atomic mass is 10.2. The van der Waals surface area contributed by atoms with E-state index in [1.54, 1.807) is 12.3 Å². The molecule has 0 unspecified atom stereocenters. The summed E-state index contributed by atoms with van der Waals surface area (Å²) in [6.07, 6.45) is 1.59. The minimum Gasteiger partial charge on any atom is -0.348 e. The highest BCUT2D eigenvalue weighted by molar-refractivity contribution is 5.78. The number of benzene rings is 1. The van der Waals surface area contributed by atoms with Crippen LogP contribution in [-0.4, -0.2) is 29.0 Å². The van der Waals surface area contributed by atoms with Crippen molar-refractivity contribution in [1.82, 2.24) is 9.97 Å². The summed E-state index contributed by atoms with van der Waals surface area (Å²) in [5.41, 5.74) is 5.64. The topological polar surface area (TPSA) is 63.8 Å². The quantitative estimate of drug-likeness (QED) is 0.849. The predicted octanol–water partition coefficient (Wildman–Crippen LogP) is 1.64. The Morgan fingerprint density at radius 3 is 2.82 bits per heavy atom. The van der Waals surface area contributed by atoms with Gasteiger partial charge in [-0.1, -0.05) is 18.2 Å². The molecule has 0 spiro atoms. The minimum absolute atomic E-state index is 0.178. The lowest BCUT2D eigenvalue weighted by molar-refractivity contribution is 0.0252. The van der Waals surface area contributed by atoms with Crippen molar-refractivity contribution >= 4 is 16.9 Å². The van der Waals surface area contributed by atoms with E-state index >= 15 is 0 Å². The highest BCUT2D eigenvalue weighted by Gasteiger charge is 2.26. The zero-order chi connectivity index (χ0) is 12.3. The fourth-order valence-electron chi connectivity index (χ4n) is 1.34. The number of hydrogen-bond acceptors (Lipinski definition) is 4.